The third-order valence-corrected chi connectivity index (χ3v) is 16.6. The van der Waals surface area contributed by atoms with Gasteiger partial charge < -0.3 is 100 Å². The first-order valence-electron chi connectivity index (χ1n) is 32.6. The van der Waals surface area contributed by atoms with Crippen molar-refractivity contribution in [3.63, 3.8) is 0 Å². The number of aliphatic imine (C=N–C) groups is 1. The molecule has 33 nitrogen and oxygen atoms in total. The number of aromatic hydroxyl groups is 1. The minimum Gasteiger partial charge on any atom is -0.508 e. The van der Waals surface area contributed by atoms with Crippen molar-refractivity contribution in [1.29, 1.82) is 0 Å². The number of aromatic amines is 3. The molecule has 0 radical (unpaired) electrons. The number of carboxylic acids is 1. The molecule has 0 unspecified atom stereocenters. The molecule has 9 atom stereocenters. The minimum absolute atomic E-state index is 0.00905. The number of nitrogens with one attached hydrogen (secondary N) is 12. The number of phenols is 1. The molecule has 2 aliphatic rings. The number of nitrogens with zero attached hydrogens (tertiary/aromatic N) is 3. The minimum atomic E-state index is -5.08. The molecule has 6 aromatic rings. The summed E-state index contributed by atoms with van der Waals surface area (Å²) in [6, 6.07) is 7.78. The number of amides is 11. The number of likely N-dealkylation sites (tertiary alicyclic amines) is 1. The number of carbonyl (C=O) groups excluding carboxylic acids is 11. The number of imidazole rings is 1. The summed E-state index contributed by atoms with van der Waals surface area (Å²) in [7, 11) is 0. The van der Waals surface area contributed by atoms with Gasteiger partial charge in [-0.3, -0.25) is 57.7 Å². The fourth-order valence-electron chi connectivity index (χ4n) is 11.5. The molecule has 3 aromatic heterocycles. The SMILES string of the molecule is CC(C)C[C@H](NC(=O)[C@H](Cc1c[nH]c2ccccc12)NC(=O)[C@H](Cc1ccc(O)cc1)NC(=O)[C@H](CO)NC(=O)[C@H](Cc1c[nH]c2ccccc12)NC(=O)[C@H](Cc1cnc[nH]1)NC(=O)[C@@H]1CCC(=O)N1)C(=O)N[C@@H](CCCN=C(N)N)C(=O)N1CCC[C@H]1C(=O)NCC(N)=O.O=C(O)C(F)(F)F. The summed E-state index contributed by atoms with van der Waals surface area (Å²) >= 11 is 0. The molecular weight excluding hydrogens is 1340 g/mol. The number of halogens is 3. The smallest absolute Gasteiger partial charge is 0.490 e. The van der Waals surface area contributed by atoms with Crippen LogP contribution in [0, 0.1) is 5.92 Å². The first-order chi connectivity index (χ1) is 48.5. The fourth-order valence-corrected chi connectivity index (χ4v) is 11.5. The molecule has 11 amide bonds. The van der Waals surface area contributed by atoms with E-state index in [1.807, 2.05) is 0 Å². The molecule has 36 heteroatoms. The summed E-state index contributed by atoms with van der Waals surface area (Å²) in [5.74, 6) is -11.8. The maximum absolute atomic E-state index is 15.1. The van der Waals surface area contributed by atoms with Crippen molar-refractivity contribution in [3.05, 3.63) is 120 Å². The predicted octanol–water partition coefficient (Wildman–Crippen LogP) is -1.66. The third-order valence-electron chi connectivity index (χ3n) is 16.6. The first-order valence-corrected chi connectivity index (χ1v) is 32.6. The maximum atomic E-state index is 15.1. The van der Waals surface area contributed by atoms with Gasteiger partial charge in [0.2, 0.25) is 65.0 Å². The van der Waals surface area contributed by atoms with E-state index in [0.717, 1.165) is 0 Å². The monoisotopic (exact) mass is 1420 g/mol. The molecule has 8 rings (SSSR count). The number of rotatable bonds is 33. The normalized spacial score (nSPS) is 16.3. The van der Waals surface area contributed by atoms with E-state index in [1.165, 1.54) is 41.7 Å². The quantitative estimate of drug-likeness (QED) is 0.0125. The number of carbonyl (C=O) groups is 12. The molecule has 21 N–H and O–H groups in total. The van der Waals surface area contributed by atoms with Crippen LogP contribution in [0.1, 0.15) is 81.2 Å². The van der Waals surface area contributed by atoms with Crippen LogP contribution in [0.2, 0.25) is 0 Å². The lowest BCUT2D eigenvalue weighted by Gasteiger charge is -2.30. The van der Waals surface area contributed by atoms with Crippen molar-refractivity contribution in [3.8, 4) is 5.75 Å². The van der Waals surface area contributed by atoms with Crippen LogP contribution in [0.15, 0.2) is 103 Å². The Morgan fingerprint density at radius 3 is 1.67 bits per heavy atom. The molecule has 0 bridgehead atoms. The number of benzene rings is 3. The topological polar surface area (TPSA) is 528 Å². The number of primary amides is 1. The van der Waals surface area contributed by atoms with Crippen LogP contribution in [0.25, 0.3) is 21.8 Å². The highest BCUT2D eigenvalue weighted by molar-refractivity contribution is 6.00. The second kappa shape index (κ2) is 36.5. The molecule has 2 saturated heterocycles. The molecule has 5 heterocycles. The van der Waals surface area contributed by atoms with Gasteiger partial charge in [0.25, 0.3) is 0 Å². The van der Waals surface area contributed by atoms with Gasteiger partial charge in [-0.1, -0.05) is 62.4 Å². The Kier molecular flexibility index (Phi) is 27.8. The van der Waals surface area contributed by atoms with Gasteiger partial charge in [0.15, 0.2) is 5.96 Å². The van der Waals surface area contributed by atoms with Crippen LogP contribution in [0.5, 0.6) is 5.75 Å². The van der Waals surface area contributed by atoms with Crippen LogP contribution in [0.3, 0.4) is 0 Å². The molecule has 0 aliphatic carbocycles. The summed E-state index contributed by atoms with van der Waals surface area (Å²) in [5, 5.41) is 53.6. The van der Waals surface area contributed by atoms with Crippen molar-refractivity contribution < 1.29 is 86.0 Å². The Labute approximate surface area is 580 Å². The van der Waals surface area contributed by atoms with Gasteiger partial charge in [0, 0.05) is 91.3 Å². The molecule has 0 saturated carbocycles. The molecular formula is C66H83F3N18O15. The van der Waals surface area contributed by atoms with Gasteiger partial charge in [-0.05, 0) is 85.4 Å². The summed E-state index contributed by atoms with van der Waals surface area (Å²) in [6.45, 7) is 2.33. The molecule has 3 aromatic carbocycles. The van der Waals surface area contributed by atoms with Gasteiger partial charge in [0.1, 0.15) is 60.1 Å². The fraction of sp³-hybridized carbons (Fsp3) is 0.424. The number of para-hydroxylation sites is 2. The zero-order valence-electron chi connectivity index (χ0n) is 55.6. The number of aromatic nitrogens is 4. The lowest BCUT2D eigenvalue weighted by Crippen LogP contribution is -2.61. The predicted molar refractivity (Wildman–Crippen MR) is 360 cm³/mol. The zero-order chi connectivity index (χ0) is 74.4. The highest BCUT2D eigenvalue weighted by Crippen LogP contribution is 2.24. The van der Waals surface area contributed by atoms with Crippen molar-refractivity contribution in [2.24, 2.45) is 28.1 Å². The number of guanidine groups is 1. The molecule has 2 fully saturated rings. The van der Waals surface area contributed by atoms with E-state index < -0.39 is 139 Å². The number of fused-ring (bicyclic) bond motifs is 2. The summed E-state index contributed by atoms with van der Waals surface area (Å²) in [6.07, 6.45) is 1.43. The van der Waals surface area contributed by atoms with E-state index in [2.05, 4.69) is 72.8 Å². The molecule has 0 spiro atoms. The van der Waals surface area contributed by atoms with E-state index in [4.69, 9.17) is 27.1 Å². The number of aliphatic hydroxyl groups excluding tert-OH is 1. The number of H-pyrrole nitrogens is 3. The van der Waals surface area contributed by atoms with Gasteiger partial charge in [-0.15, -0.1) is 0 Å². The summed E-state index contributed by atoms with van der Waals surface area (Å²) < 4.78 is 31.7. The lowest BCUT2D eigenvalue weighted by atomic mass is 9.99. The number of aliphatic hydroxyl groups is 1. The van der Waals surface area contributed by atoms with Gasteiger partial charge in [0.05, 0.1) is 19.5 Å². The van der Waals surface area contributed by atoms with Crippen molar-refractivity contribution in [1.82, 2.24) is 72.7 Å². The van der Waals surface area contributed by atoms with E-state index in [0.29, 0.717) is 50.6 Å². The Hall–Kier alpha value is -11.6. The van der Waals surface area contributed by atoms with Gasteiger partial charge in [-0.2, -0.15) is 13.2 Å². The summed E-state index contributed by atoms with van der Waals surface area (Å²) in [4.78, 5) is 181. The number of nitrogens with two attached hydrogens (primary N) is 3. The largest absolute Gasteiger partial charge is 0.508 e. The average molecular weight is 1430 g/mol. The third kappa shape index (κ3) is 22.7. The zero-order valence-corrected chi connectivity index (χ0v) is 55.6. The number of aliphatic carboxylic acids is 1. The molecule has 2 aliphatic heterocycles. The van der Waals surface area contributed by atoms with Crippen LogP contribution < -0.4 is 65.1 Å². The van der Waals surface area contributed by atoms with Crippen LogP contribution >= 0.6 is 0 Å². The summed E-state index contributed by atoms with van der Waals surface area (Å²) in [5.41, 5.74) is 19.8. The van der Waals surface area contributed by atoms with Crippen molar-refractivity contribution in [2.75, 3.05) is 26.2 Å². The number of hydrogen-bond acceptors (Lipinski definition) is 16. The molecule has 102 heavy (non-hydrogen) atoms. The van der Waals surface area contributed by atoms with E-state index >= 15 is 9.59 Å². The number of phenolic OH excluding ortho intramolecular Hbond substituents is 1. The van der Waals surface area contributed by atoms with Crippen molar-refractivity contribution >= 4 is 98.7 Å². The first kappa shape index (κ1) is 77.8. The number of carboxylic acid groups (broad SMARTS) is 1. The highest BCUT2D eigenvalue weighted by atomic mass is 19.4. The van der Waals surface area contributed by atoms with Crippen LogP contribution in [0.4, 0.5) is 13.2 Å². The standard InChI is InChI=1S/C64H82N18O13.C2HF3O2/c1-34(2)23-46(56(88)75-45(13-7-21-69-64(66)67)63(95)82-22-8-14-52(82)62(94)72-31-53(65)85)76-58(90)48(25-36-28-70-42-11-5-3-9-40(36)42)78-57(89)47(24-35-15-17-39(84)18-16-35)77-61(93)51(32-83)81-59(91)49(26-37-29-71-43-12-6-4-10-41(37)43)79-60(92)50(27-38-30-68-33-73-38)80-55(87)44-19-20-54(86)74-44;3-2(4,5)1(6)7/h3-6,9-12,15-18,28-30,33-34,44-52,70-71,83-84H,7-8,13-14,19-27,31-32H2,1-2H3,(H2,65,85)(H,68,73)(H,72,94)(H,74,86)(H,75,88)(H,76,90)(H,77,93)(H,78,89)(H,79,92)(H,80,87)(H,81,91)(H4,66,67,69);(H,6,7)/t44-,45-,46-,47-,48-,49-,50-,51-,52-;/m0./s1. The Bertz CT molecular complexity index is 3990. The van der Waals surface area contributed by atoms with E-state index in [1.54, 1.807) is 74.8 Å². The van der Waals surface area contributed by atoms with Crippen molar-refractivity contribution in [2.45, 2.75) is 145 Å². The lowest BCUT2D eigenvalue weighted by molar-refractivity contribution is -0.192. The second-order valence-electron chi connectivity index (χ2n) is 24.8. The number of hydrogen-bond donors (Lipinski definition) is 18. The highest BCUT2D eigenvalue weighted by Gasteiger charge is 2.41. The Morgan fingerprint density at radius 2 is 1.17 bits per heavy atom. The Morgan fingerprint density at radius 1 is 0.657 bits per heavy atom. The van der Waals surface area contributed by atoms with E-state index in [-0.39, 0.29) is 101 Å². The number of alkyl halides is 3. The Balaban J connectivity index is 0.00000198. The second-order valence-corrected chi connectivity index (χ2v) is 24.8. The van der Waals surface area contributed by atoms with Gasteiger partial charge in [-0.25, -0.2) is 9.78 Å². The molecule has 548 valence electrons. The van der Waals surface area contributed by atoms with Crippen LogP contribution in [-0.2, 0) is 83.2 Å². The average Bonchev–Trinajstić information content (AvgIpc) is 1.43. The maximum Gasteiger partial charge on any atom is 0.490 e. The van der Waals surface area contributed by atoms with E-state index in [9.17, 15) is 66.5 Å². The van der Waals surface area contributed by atoms with Crippen LogP contribution in [-0.4, -0.2) is 204 Å². The van der Waals surface area contributed by atoms with Gasteiger partial charge >= 0.3 is 12.1 Å².